The minimum absolute atomic E-state index is 0.0654. The van der Waals surface area contributed by atoms with Crippen molar-refractivity contribution in [3.8, 4) is 0 Å². The van der Waals surface area contributed by atoms with Crippen LogP contribution >= 0.6 is 0 Å². The topological polar surface area (TPSA) is 51.2 Å². The fourth-order valence-corrected chi connectivity index (χ4v) is 1.89. The van der Waals surface area contributed by atoms with Gasteiger partial charge in [-0.15, -0.1) is 0 Å². The molecule has 0 saturated carbocycles. The molecule has 0 bridgehead atoms. The molecule has 1 N–H and O–H groups in total. The molecule has 4 nitrogen and oxygen atoms in total. The minimum atomic E-state index is -1.35. The number of benzene rings is 1. The SMILES string of the molecule is CCOC(=O)c1cnc2c(F)cc(F)c(F)c2c1NC. The number of hydrogen-bond acceptors (Lipinski definition) is 4. The standard InChI is InChI=1S/C13H11F3N2O2/c1-3-20-13(19)6-5-18-12-8(15)4-7(14)10(16)9(12)11(6)17-2/h4-5H,3H2,1-2H3,(H,17,18). The Morgan fingerprint density at radius 2 is 2.05 bits per heavy atom. The Morgan fingerprint density at radius 1 is 1.35 bits per heavy atom. The summed E-state index contributed by atoms with van der Waals surface area (Å²) in [4.78, 5) is 15.4. The van der Waals surface area contributed by atoms with Crippen LogP contribution in [0.25, 0.3) is 10.9 Å². The van der Waals surface area contributed by atoms with Crippen molar-refractivity contribution >= 4 is 22.6 Å². The molecule has 1 heterocycles. The number of nitrogens with one attached hydrogen (secondary N) is 1. The number of hydrogen-bond donors (Lipinski definition) is 1. The van der Waals surface area contributed by atoms with E-state index in [0.29, 0.717) is 6.07 Å². The molecular formula is C13H11F3N2O2. The van der Waals surface area contributed by atoms with Crippen LogP contribution in [0, 0.1) is 17.5 Å². The molecule has 0 unspecified atom stereocenters. The van der Waals surface area contributed by atoms with Gasteiger partial charge >= 0.3 is 5.97 Å². The maximum absolute atomic E-state index is 13.9. The maximum Gasteiger partial charge on any atom is 0.341 e. The van der Waals surface area contributed by atoms with Gasteiger partial charge in [0.2, 0.25) is 0 Å². The molecule has 0 radical (unpaired) electrons. The van der Waals surface area contributed by atoms with Gasteiger partial charge in [0.15, 0.2) is 17.5 Å². The van der Waals surface area contributed by atoms with Gasteiger partial charge < -0.3 is 10.1 Å². The lowest BCUT2D eigenvalue weighted by molar-refractivity contribution is 0.0527. The zero-order valence-corrected chi connectivity index (χ0v) is 10.8. The first kappa shape index (κ1) is 14.1. The summed E-state index contributed by atoms with van der Waals surface area (Å²) in [5.41, 5.74) is -0.517. The van der Waals surface area contributed by atoms with Crippen LogP contribution in [0.15, 0.2) is 12.3 Å². The zero-order chi connectivity index (χ0) is 14.9. The van der Waals surface area contributed by atoms with E-state index in [9.17, 15) is 18.0 Å². The zero-order valence-electron chi connectivity index (χ0n) is 10.8. The predicted octanol–water partition coefficient (Wildman–Crippen LogP) is 2.87. The summed E-state index contributed by atoms with van der Waals surface area (Å²) in [6.07, 6.45) is 1.06. The van der Waals surface area contributed by atoms with Crippen LogP contribution in [0.2, 0.25) is 0 Å². The number of esters is 1. The van der Waals surface area contributed by atoms with Crippen LogP contribution < -0.4 is 5.32 Å². The number of pyridine rings is 1. The van der Waals surface area contributed by atoms with E-state index in [0.717, 1.165) is 6.20 Å². The second-order valence-corrected chi connectivity index (χ2v) is 3.90. The van der Waals surface area contributed by atoms with Crippen molar-refractivity contribution < 1.29 is 22.7 Å². The van der Waals surface area contributed by atoms with Gasteiger partial charge in [0, 0.05) is 19.3 Å². The summed E-state index contributed by atoms with van der Waals surface area (Å²) in [7, 11) is 1.40. The number of carbonyl (C=O) groups excluding carboxylic acids is 1. The Morgan fingerprint density at radius 3 is 2.65 bits per heavy atom. The predicted molar refractivity (Wildman–Crippen MR) is 67.1 cm³/mol. The Balaban J connectivity index is 2.82. The molecule has 0 aliphatic rings. The molecule has 0 aliphatic heterocycles. The second-order valence-electron chi connectivity index (χ2n) is 3.90. The van der Waals surface area contributed by atoms with Crippen LogP contribution in [0.3, 0.4) is 0 Å². The van der Waals surface area contributed by atoms with E-state index in [1.165, 1.54) is 7.05 Å². The van der Waals surface area contributed by atoms with E-state index in [4.69, 9.17) is 4.74 Å². The normalized spacial score (nSPS) is 10.7. The van der Waals surface area contributed by atoms with Crippen LogP contribution in [0.4, 0.5) is 18.9 Å². The molecule has 0 aliphatic carbocycles. The molecule has 0 saturated heterocycles. The number of fused-ring (bicyclic) bond motifs is 1. The van der Waals surface area contributed by atoms with E-state index in [1.807, 2.05) is 0 Å². The molecule has 1 aromatic carbocycles. The van der Waals surface area contributed by atoms with Gasteiger partial charge in [-0.25, -0.2) is 18.0 Å². The lowest BCUT2D eigenvalue weighted by Crippen LogP contribution is -2.10. The third-order valence-corrected chi connectivity index (χ3v) is 2.73. The van der Waals surface area contributed by atoms with Crippen molar-refractivity contribution in [3.63, 3.8) is 0 Å². The largest absolute Gasteiger partial charge is 0.462 e. The van der Waals surface area contributed by atoms with Gasteiger partial charge in [-0.3, -0.25) is 4.98 Å². The van der Waals surface area contributed by atoms with E-state index in [2.05, 4.69) is 10.3 Å². The van der Waals surface area contributed by atoms with E-state index in [-0.39, 0.29) is 23.4 Å². The lowest BCUT2D eigenvalue weighted by Gasteiger charge is -2.12. The van der Waals surface area contributed by atoms with Gasteiger partial charge in [-0.05, 0) is 6.92 Å². The number of carbonyl (C=O) groups is 1. The first-order chi connectivity index (χ1) is 9.51. The molecule has 0 amide bonds. The molecule has 0 spiro atoms. The Labute approximate surface area is 112 Å². The molecule has 0 atom stereocenters. The third kappa shape index (κ3) is 2.15. The van der Waals surface area contributed by atoms with Crippen molar-refractivity contribution in [2.45, 2.75) is 6.92 Å². The summed E-state index contributed by atoms with van der Waals surface area (Å²) in [5.74, 6) is -4.39. The summed E-state index contributed by atoms with van der Waals surface area (Å²) in [6.45, 7) is 1.71. The smallest absolute Gasteiger partial charge is 0.341 e. The maximum atomic E-state index is 13.9. The molecule has 106 valence electrons. The van der Waals surface area contributed by atoms with Crippen molar-refractivity contribution in [2.24, 2.45) is 0 Å². The highest BCUT2D eigenvalue weighted by molar-refractivity contribution is 6.05. The summed E-state index contributed by atoms with van der Waals surface area (Å²) >= 11 is 0. The van der Waals surface area contributed by atoms with Gasteiger partial charge in [-0.2, -0.15) is 0 Å². The minimum Gasteiger partial charge on any atom is -0.462 e. The van der Waals surface area contributed by atoms with Gasteiger partial charge in [0.1, 0.15) is 11.1 Å². The highest BCUT2D eigenvalue weighted by Crippen LogP contribution is 2.31. The molecule has 20 heavy (non-hydrogen) atoms. The fourth-order valence-electron chi connectivity index (χ4n) is 1.89. The molecule has 7 heteroatoms. The fraction of sp³-hybridized carbons (Fsp3) is 0.231. The van der Waals surface area contributed by atoms with E-state index >= 15 is 0 Å². The van der Waals surface area contributed by atoms with E-state index < -0.39 is 28.8 Å². The number of ether oxygens (including phenoxy) is 1. The molecule has 0 fully saturated rings. The molecule has 1 aromatic heterocycles. The average Bonchev–Trinajstić information content (AvgIpc) is 2.43. The molecular weight excluding hydrogens is 273 g/mol. The Kier molecular flexibility index (Phi) is 3.78. The van der Waals surface area contributed by atoms with E-state index in [1.54, 1.807) is 6.92 Å². The average molecular weight is 284 g/mol. The second kappa shape index (κ2) is 5.36. The third-order valence-electron chi connectivity index (χ3n) is 2.73. The molecule has 2 aromatic rings. The van der Waals surface area contributed by atoms with Crippen molar-refractivity contribution in [3.05, 3.63) is 35.3 Å². The van der Waals surface area contributed by atoms with Crippen molar-refractivity contribution in [1.29, 1.82) is 0 Å². The molecule has 2 rings (SSSR count). The summed E-state index contributed by atoms with van der Waals surface area (Å²) < 4.78 is 45.6. The number of halogens is 3. The Hall–Kier alpha value is -2.31. The number of aromatic nitrogens is 1. The number of nitrogens with zero attached hydrogens (tertiary/aromatic N) is 1. The lowest BCUT2D eigenvalue weighted by atomic mass is 10.1. The van der Waals surface area contributed by atoms with Crippen LogP contribution in [0.1, 0.15) is 17.3 Å². The van der Waals surface area contributed by atoms with Crippen LogP contribution in [-0.4, -0.2) is 24.6 Å². The van der Waals surface area contributed by atoms with Gasteiger partial charge in [-0.1, -0.05) is 0 Å². The summed E-state index contributed by atoms with van der Waals surface area (Å²) in [6, 6.07) is 0.411. The highest BCUT2D eigenvalue weighted by Gasteiger charge is 2.22. The number of anilines is 1. The first-order valence-corrected chi connectivity index (χ1v) is 5.82. The van der Waals surface area contributed by atoms with Crippen molar-refractivity contribution in [1.82, 2.24) is 4.98 Å². The number of rotatable bonds is 3. The highest BCUT2D eigenvalue weighted by atomic mass is 19.2. The quantitative estimate of drug-likeness (QED) is 0.695. The van der Waals surface area contributed by atoms with Crippen molar-refractivity contribution in [2.75, 3.05) is 19.0 Å². The van der Waals surface area contributed by atoms with Crippen LogP contribution in [-0.2, 0) is 4.74 Å². The van der Waals surface area contributed by atoms with Gasteiger partial charge in [0.05, 0.1) is 17.7 Å². The van der Waals surface area contributed by atoms with Crippen LogP contribution in [0.5, 0.6) is 0 Å². The summed E-state index contributed by atoms with van der Waals surface area (Å²) in [5, 5.41) is 2.14. The first-order valence-electron chi connectivity index (χ1n) is 5.82. The Bertz CT molecular complexity index is 689. The monoisotopic (exact) mass is 284 g/mol. The van der Waals surface area contributed by atoms with Gasteiger partial charge in [0.25, 0.3) is 0 Å².